The van der Waals surface area contributed by atoms with Crippen LogP contribution in [0.15, 0.2) is 18.2 Å². The molecule has 0 amide bonds. The van der Waals surface area contributed by atoms with Gasteiger partial charge in [-0.15, -0.1) is 0 Å². The predicted octanol–water partition coefficient (Wildman–Crippen LogP) is 2.52. The second-order valence-electron chi connectivity index (χ2n) is 3.94. The van der Waals surface area contributed by atoms with E-state index in [0.29, 0.717) is 6.61 Å². The van der Waals surface area contributed by atoms with Gasteiger partial charge in [0.05, 0.1) is 12.5 Å². The van der Waals surface area contributed by atoms with Gasteiger partial charge in [0.1, 0.15) is 0 Å². The summed E-state index contributed by atoms with van der Waals surface area (Å²) in [5.41, 5.74) is 0.157. The summed E-state index contributed by atoms with van der Waals surface area (Å²) in [7, 11) is 0. The maximum Gasteiger partial charge on any atom is 0.306 e. The number of benzene rings is 1. The zero-order valence-corrected chi connectivity index (χ0v) is 10.3. The molecule has 0 heterocycles. The fourth-order valence-electron chi connectivity index (χ4n) is 1.43. The van der Waals surface area contributed by atoms with E-state index in [4.69, 9.17) is 9.84 Å². The molecular weight excluding hydrogens is 239 g/mol. The molecule has 0 aliphatic carbocycles. The highest BCUT2D eigenvalue weighted by atomic mass is 19.1. The number of ether oxygens (including phenoxy) is 1. The average Bonchev–Trinajstić information content (AvgIpc) is 2.31. The van der Waals surface area contributed by atoms with Gasteiger partial charge in [-0.2, -0.15) is 0 Å². The number of rotatable bonds is 6. The molecule has 0 aliphatic rings. The second kappa shape index (κ2) is 6.14. The van der Waals surface area contributed by atoms with E-state index in [-0.39, 0.29) is 17.7 Å². The number of hydrogen-bond donors (Lipinski definition) is 1. The van der Waals surface area contributed by atoms with Crippen LogP contribution in [0.4, 0.5) is 4.39 Å². The standard InChI is InChI=1S/C13H15FO4/c1-3-18-12-5-4-9(7-10(12)14)11(15)6-8(2)13(16)17/h4-5,7-8H,3,6H2,1-2H3,(H,16,17). The number of ketones is 1. The van der Waals surface area contributed by atoms with E-state index in [1.807, 2.05) is 0 Å². The largest absolute Gasteiger partial charge is 0.491 e. The van der Waals surface area contributed by atoms with E-state index >= 15 is 0 Å². The van der Waals surface area contributed by atoms with Gasteiger partial charge < -0.3 is 9.84 Å². The van der Waals surface area contributed by atoms with Crippen LogP contribution in [0.3, 0.4) is 0 Å². The summed E-state index contributed by atoms with van der Waals surface area (Å²) in [6.07, 6.45) is -0.150. The van der Waals surface area contributed by atoms with Gasteiger partial charge >= 0.3 is 5.97 Å². The highest BCUT2D eigenvalue weighted by Crippen LogP contribution is 2.20. The van der Waals surface area contributed by atoms with E-state index in [1.54, 1.807) is 6.92 Å². The van der Waals surface area contributed by atoms with Gasteiger partial charge in [0, 0.05) is 12.0 Å². The highest BCUT2D eigenvalue weighted by molar-refractivity contribution is 5.98. The third-order valence-corrected chi connectivity index (χ3v) is 2.47. The summed E-state index contributed by atoms with van der Waals surface area (Å²) in [6, 6.07) is 3.88. The summed E-state index contributed by atoms with van der Waals surface area (Å²) < 4.78 is 18.5. The Labute approximate surface area is 104 Å². The SMILES string of the molecule is CCOc1ccc(C(=O)CC(C)C(=O)O)cc1F. The smallest absolute Gasteiger partial charge is 0.306 e. The molecule has 1 unspecified atom stereocenters. The lowest BCUT2D eigenvalue weighted by Gasteiger charge is -2.08. The molecule has 0 aliphatic heterocycles. The Kier molecular flexibility index (Phi) is 4.83. The van der Waals surface area contributed by atoms with Crippen LogP contribution < -0.4 is 4.74 Å². The van der Waals surface area contributed by atoms with E-state index in [9.17, 15) is 14.0 Å². The van der Waals surface area contributed by atoms with Gasteiger partial charge in [-0.3, -0.25) is 9.59 Å². The molecule has 1 rings (SSSR count). The Balaban J connectivity index is 2.81. The van der Waals surface area contributed by atoms with Crippen molar-refractivity contribution in [2.75, 3.05) is 6.61 Å². The molecule has 4 nitrogen and oxygen atoms in total. The fraction of sp³-hybridized carbons (Fsp3) is 0.385. The van der Waals surface area contributed by atoms with Gasteiger partial charge in [0.25, 0.3) is 0 Å². The summed E-state index contributed by atoms with van der Waals surface area (Å²) in [6.45, 7) is 3.50. The van der Waals surface area contributed by atoms with Crippen LogP contribution >= 0.6 is 0 Å². The van der Waals surface area contributed by atoms with E-state index in [2.05, 4.69) is 0 Å². The molecule has 0 radical (unpaired) electrons. The summed E-state index contributed by atoms with van der Waals surface area (Å²) in [5, 5.41) is 8.70. The first-order valence-corrected chi connectivity index (χ1v) is 5.64. The Morgan fingerprint density at radius 3 is 2.61 bits per heavy atom. The van der Waals surface area contributed by atoms with Crippen LogP contribution in [0.1, 0.15) is 30.6 Å². The molecule has 1 N–H and O–H groups in total. The number of hydrogen-bond acceptors (Lipinski definition) is 3. The Bertz CT molecular complexity index is 456. The number of Topliss-reactive ketones (excluding diaryl/α,β-unsaturated/α-hetero) is 1. The first kappa shape index (κ1) is 14.2. The lowest BCUT2D eigenvalue weighted by molar-refractivity contribution is -0.141. The number of halogens is 1. The molecule has 0 aromatic heterocycles. The predicted molar refractivity (Wildman–Crippen MR) is 63.3 cm³/mol. The van der Waals surface area contributed by atoms with Crippen LogP contribution in [0.5, 0.6) is 5.75 Å². The van der Waals surface area contributed by atoms with Crippen LogP contribution in [0, 0.1) is 11.7 Å². The quantitative estimate of drug-likeness (QED) is 0.792. The zero-order chi connectivity index (χ0) is 13.7. The first-order valence-electron chi connectivity index (χ1n) is 5.64. The van der Waals surface area contributed by atoms with Gasteiger partial charge in [0.2, 0.25) is 0 Å². The van der Waals surface area contributed by atoms with Crippen molar-refractivity contribution in [3.8, 4) is 5.75 Å². The van der Waals surface area contributed by atoms with Crippen molar-refractivity contribution in [2.24, 2.45) is 5.92 Å². The summed E-state index contributed by atoms with van der Waals surface area (Å²) >= 11 is 0. The monoisotopic (exact) mass is 254 g/mol. The van der Waals surface area contributed by atoms with Crippen molar-refractivity contribution < 1.29 is 23.8 Å². The van der Waals surface area contributed by atoms with Gasteiger partial charge in [-0.25, -0.2) is 4.39 Å². The minimum absolute atomic E-state index is 0.0836. The lowest BCUT2D eigenvalue weighted by atomic mass is 10.00. The molecular formula is C13H15FO4. The van der Waals surface area contributed by atoms with Crippen molar-refractivity contribution in [3.05, 3.63) is 29.6 Å². The molecule has 18 heavy (non-hydrogen) atoms. The Morgan fingerprint density at radius 2 is 2.11 bits per heavy atom. The van der Waals surface area contributed by atoms with E-state index in [1.165, 1.54) is 19.1 Å². The number of carbonyl (C=O) groups excluding carboxylic acids is 1. The molecule has 0 bridgehead atoms. The topological polar surface area (TPSA) is 63.6 Å². The van der Waals surface area contributed by atoms with Gasteiger partial charge in [-0.1, -0.05) is 6.92 Å². The van der Waals surface area contributed by atoms with Crippen LogP contribution in [-0.2, 0) is 4.79 Å². The molecule has 1 aromatic rings. The molecule has 5 heteroatoms. The van der Waals surface area contributed by atoms with Crippen molar-refractivity contribution in [3.63, 3.8) is 0 Å². The Morgan fingerprint density at radius 1 is 1.44 bits per heavy atom. The third kappa shape index (κ3) is 3.55. The van der Waals surface area contributed by atoms with Crippen LogP contribution in [-0.4, -0.2) is 23.5 Å². The second-order valence-corrected chi connectivity index (χ2v) is 3.94. The van der Waals surface area contributed by atoms with Gasteiger partial charge in [-0.05, 0) is 25.1 Å². The average molecular weight is 254 g/mol. The molecule has 1 aromatic carbocycles. The van der Waals surface area contributed by atoms with Crippen molar-refractivity contribution in [1.82, 2.24) is 0 Å². The van der Waals surface area contributed by atoms with Gasteiger partial charge in [0.15, 0.2) is 17.3 Å². The van der Waals surface area contributed by atoms with E-state index < -0.39 is 23.5 Å². The highest BCUT2D eigenvalue weighted by Gasteiger charge is 2.18. The molecule has 0 spiro atoms. The maximum atomic E-state index is 13.5. The normalized spacial score (nSPS) is 11.9. The number of carboxylic acid groups (broad SMARTS) is 1. The van der Waals surface area contributed by atoms with Crippen molar-refractivity contribution in [2.45, 2.75) is 20.3 Å². The Hall–Kier alpha value is -1.91. The summed E-state index contributed by atoms with van der Waals surface area (Å²) in [5.74, 6) is -2.76. The lowest BCUT2D eigenvalue weighted by Crippen LogP contribution is -2.14. The fourth-order valence-corrected chi connectivity index (χ4v) is 1.43. The molecule has 0 saturated heterocycles. The minimum atomic E-state index is -1.05. The number of aliphatic carboxylic acids is 1. The minimum Gasteiger partial charge on any atom is -0.491 e. The van der Waals surface area contributed by atoms with E-state index in [0.717, 1.165) is 6.07 Å². The van der Waals surface area contributed by atoms with Crippen LogP contribution in [0.2, 0.25) is 0 Å². The van der Waals surface area contributed by atoms with Crippen LogP contribution in [0.25, 0.3) is 0 Å². The van der Waals surface area contributed by atoms with Crippen molar-refractivity contribution in [1.29, 1.82) is 0 Å². The first-order chi connectivity index (χ1) is 8.45. The molecule has 98 valence electrons. The zero-order valence-electron chi connectivity index (χ0n) is 10.3. The van der Waals surface area contributed by atoms with Crippen molar-refractivity contribution >= 4 is 11.8 Å². The molecule has 0 fully saturated rings. The summed E-state index contributed by atoms with van der Waals surface area (Å²) in [4.78, 5) is 22.3. The number of carboxylic acids is 1. The number of carbonyl (C=O) groups is 2. The molecule has 0 saturated carbocycles. The third-order valence-electron chi connectivity index (χ3n) is 2.47. The maximum absolute atomic E-state index is 13.5. The molecule has 1 atom stereocenters.